The van der Waals surface area contributed by atoms with Crippen molar-refractivity contribution in [2.24, 2.45) is 0 Å². The zero-order valence-electron chi connectivity index (χ0n) is 16.8. The molecule has 2 amide bonds. The highest BCUT2D eigenvalue weighted by molar-refractivity contribution is 6.88. The van der Waals surface area contributed by atoms with Gasteiger partial charge in [0.2, 0.25) is 0 Å². The third kappa shape index (κ3) is 4.42. The molecule has 28 heavy (non-hydrogen) atoms. The molecule has 2 aromatic rings. The fourth-order valence-electron chi connectivity index (χ4n) is 3.45. The Morgan fingerprint density at radius 2 is 1.89 bits per heavy atom. The Labute approximate surface area is 172 Å². The first-order valence-corrected chi connectivity index (χ1v) is 13.4. The van der Waals surface area contributed by atoms with E-state index in [0.717, 1.165) is 10.4 Å². The number of aromatic nitrogens is 1. The minimum Gasteiger partial charge on any atom is -0.711 e. The summed E-state index contributed by atoms with van der Waals surface area (Å²) < 4.78 is 0.783. The number of carbonyl (C=O) groups is 1. The number of halogens is 1. The predicted molar refractivity (Wildman–Crippen MR) is 117 cm³/mol. The summed E-state index contributed by atoms with van der Waals surface area (Å²) in [6.07, 6.45) is 1.44. The molecule has 1 aliphatic heterocycles. The Hall–Kier alpha value is -2.25. The van der Waals surface area contributed by atoms with Crippen LogP contribution in [0.25, 0.3) is 0 Å². The quantitative estimate of drug-likeness (QED) is 0.472. The number of rotatable bonds is 3. The summed E-state index contributed by atoms with van der Waals surface area (Å²) in [6, 6.07) is 11.3. The van der Waals surface area contributed by atoms with Gasteiger partial charge in [-0.2, -0.15) is 0 Å². The number of benzene rings is 1. The van der Waals surface area contributed by atoms with Crippen LogP contribution in [0.1, 0.15) is 6.92 Å². The van der Waals surface area contributed by atoms with Crippen molar-refractivity contribution in [3.05, 3.63) is 52.8 Å². The maximum atomic E-state index is 12.7. The molecule has 0 unspecified atom stereocenters. The zero-order valence-corrected chi connectivity index (χ0v) is 18.5. The third-order valence-electron chi connectivity index (χ3n) is 5.08. The molecule has 0 saturated carbocycles. The lowest BCUT2D eigenvalue weighted by Crippen LogP contribution is -2.57. The van der Waals surface area contributed by atoms with Crippen LogP contribution < -0.4 is 20.1 Å². The van der Waals surface area contributed by atoms with Crippen LogP contribution in [0.15, 0.2) is 42.6 Å². The molecule has 2 heterocycles. The number of hydrogen-bond donors (Lipinski definition) is 1. The van der Waals surface area contributed by atoms with Crippen LogP contribution in [0, 0.1) is 5.21 Å². The first kappa shape index (κ1) is 20.5. The average Bonchev–Trinajstić information content (AvgIpc) is 2.61. The van der Waals surface area contributed by atoms with Gasteiger partial charge in [0, 0.05) is 5.69 Å². The van der Waals surface area contributed by atoms with E-state index >= 15 is 0 Å². The van der Waals surface area contributed by atoms with Crippen molar-refractivity contribution < 1.29 is 9.52 Å². The van der Waals surface area contributed by atoms with Crippen LogP contribution in [-0.2, 0) is 0 Å². The standard InChI is InChI=1S/C20H27ClN4O2Si/c1-15-14-23(19-18(21)6-5-11-25(19)27)12-13-24(15)20(26)22-16-7-9-17(10-8-16)28(2,3)4/h5-11,15H,12-14H2,1-4H3,(H,22,26)/t15-/m1/s1. The van der Waals surface area contributed by atoms with Crippen molar-refractivity contribution in [1.82, 2.24) is 4.90 Å². The Morgan fingerprint density at radius 3 is 2.46 bits per heavy atom. The van der Waals surface area contributed by atoms with E-state index < -0.39 is 8.07 Å². The largest absolute Gasteiger partial charge is 0.711 e. The van der Waals surface area contributed by atoms with E-state index in [1.807, 2.05) is 24.0 Å². The SMILES string of the molecule is C[C@@H]1CN(c2c(Cl)ccc[n+]2[O-])CCN1C(=O)Nc1ccc([Si](C)(C)C)cc1. The highest BCUT2D eigenvalue weighted by Crippen LogP contribution is 2.24. The van der Waals surface area contributed by atoms with Crippen molar-refractivity contribution in [3.63, 3.8) is 0 Å². The van der Waals surface area contributed by atoms with Gasteiger partial charge in [-0.15, -0.1) is 0 Å². The Balaban J connectivity index is 1.65. The van der Waals surface area contributed by atoms with E-state index in [1.54, 1.807) is 17.0 Å². The lowest BCUT2D eigenvalue weighted by atomic mass is 10.2. The second-order valence-electron chi connectivity index (χ2n) is 8.25. The average molecular weight is 419 g/mol. The normalized spacial score (nSPS) is 17.5. The number of hydrogen-bond acceptors (Lipinski definition) is 3. The van der Waals surface area contributed by atoms with Crippen molar-refractivity contribution in [2.45, 2.75) is 32.6 Å². The van der Waals surface area contributed by atoms with E-state index in [2.05, 4.69) is 37.1 Å². The van der Waals surface area contributed by atoms with E-state index in [4.69, 9.17) is 11.6 Å². The van der Waals surface area contributed by atoms with Crippen LogP contribution in [0.4, 0.5) is 16.3 Å². The van der Waals surface area contributed by atoms with E-state index in [9.17, 15) is 10.0 Å². The van der Waals surface area contributed by atoms with Crippen LogP contribution in [0.5, 0.6) is 0 Å². The number of nitrogens with zero attached hydrogens (tertiary/aromatic N) is 3. The number of anilines is 2. The molecule has 3 rings (SSSR count). The van der Waals surface area contributed by atoms with Crippen LogP contribution in [0.3, 0.4) is 0 Å². The molecule has 1 aromatic carbocycles. The molecule has 1 fully saturated rings. The summed E-state index contributed by atoms with van der Waals surface area (Å²) in [6.45, 7) is 10.5. The van der Waals surface area contributed by atoms with Crippen molar-refractivity contribution in [2.75, 3.05) is 29.9 Å². The molecule has 0 bridgehead atoms. The van der Waals surface area contributed by atoms with E-state index in [1.165, 1.54) is 11.4 Å². The molecule has 150 valence electrons. The molecular weight excluding hydrogens is 392 g/mol. The summed E-state index contributed by atoms with van der Waals surface area (Å²) in [5.41, 5.74) is 0.796. The molecule has 1 N–H and O–H groups in total. The monoisotopic (exact) mass is 418 g/mol. The maximum absolute atomic E-state index is 12.7. The molecular formula is C20H27ClN4O2Si. The highest BCUT2D eigenvalue weighted by atomic mass is 35.5. The Kier molecular flexibility index (Phi) is 5.86. The van der Waals surface area contributed by atoms with Gasteiger partial charge < -0.3 is 15.4 Å². The molecule has 0 aliphatic carbocycles. The fourth-order valence-corrected chi connectivity index (χ4v) is 4.89. The fraction of sp³-hybridized carbons (Fsp3) is 0.400. The summed E-state index contributed by atoms with van der Waals surface area (Å²) in [4.78, 5) is 16.5. The lowest BCUT2D eigenvalue weighted by molar-refractivity contribution is -0.592. The zero-order chi connectivity index (χ0) is 20.5. The summed E-state index contributed by atoms with van der Waals surface area (Å²) in [5, 5.41) is 16.9. The van der Waals surface area contributed by atoms with Gasteiger partial charge in [-0.3, -0.25) is 4.90 Å². The van der Waals surface area contributed by atoms with Crippen molar-refractivity contribution in [3.8, 4) is 0 Å². The van der Waals surface area contributed by atoms with Gasteiger partial charge in [0.1, 0.15) is 18.1 Å². The number of pyridine rings is 1. The van der Waals surface area contributed by atoms with Gasteiger partial charge in [-0.1, -0.05) is 48.6 Å². The van der Waals surface area contributed by atoms with Gasteiger partial charge in [0.25, 0.3) is 5.82 Å². The second-order valence-corrected chi connectivity index (χ2v) is 13.7. The van der Waals surface area contributed by atoms with E-state index in [0.29, 0.717) is 30.5 Å². The molecule has 0 spiro atoms. The number of nitrogens with one attached hydrogen (secondary N) is 1. The molecule has 8 heteroatoms. The smallest absolute Gasteiger partial charge is 0.322 e. The summed E-state index contributed by atoms with van der Waals surface area (Å²) >= 11 is 6.21. The summed E-state index contributed by atoms with van der Waals surface area (Å²) in [7, 11) is -1.36. The summed E-state index contributed by atoms with van der Waals surface area (Å²) in [5.74, 6) is 0.443. The van der Waals surface area contributed by atoms with Crippen LogP contribution in [0.2, 0.25) is 24.7 Å². The first-order valence-electron chi connectivity index (χ1n) is 9.47. The number of urea groups is 1. The second kappa shape index (κ2) is 8.01. The Bertz CT molecular complexity index is 834. The number of amides is 2. The van der Waals surface area contributed by atoms with Gasteiger partial charge in [-0.05, 0) is 31.2 Å². The minimum atomic E-state index is -1.36. The third-order valence-corrected chi connectivity index (χ3v) is 7.44. The maximum Gasteiger partial charge on any atom is 0.322 e. The molecule has 1 atom stereocenters. The number of piperazine rings is 1. The molecule has 1 saturated heterocycles. The molecule has 1 aromatic heterocycles. The topological polar surface area (TPSA) is 62.5 Å². The molecule has 6 nitrogen and oxygen atoms in total. The van der Waals surface area contributed by atoms with Gasteiger partial charge in [0.05, 0.1) is 26.9 Å². The van der Waals surface area contributed by atoms with Crippen LogP contribution >= 0.6 is 11.6 Å². The minimum absolute atomic E-state index is 0.0497. The van der Waals surface area contributed by atoms with Crippen molar-refractivity contribution >= 4 is 42.4 Å². The van der Waals surface area contributed by atoms with E-state index in [-0.39, 0.29) is 12.1 Å². The van der Waals surface area contributed by atoms with Gasteiger partial charge in [0.15, 0.2) is 0 Å². The number of carbonyl (C=O) groups excluding carboxylic acids is 1. The van der Waals surface area contributed by atoms with Gasteiger partial charge >= 0.3 is 6.03 Å². The van der Waals surface area contributed by atoms with Crippen molar-refractivity contribution in [1.29, 1.82) is 0 Å². The lowest BCUT2D eigenvalue weighted by Gasteiger charge is -2.37. The molecule has 0 radical (unpaired) electrons. The highest BCUT2D eigenvalue weighted by Gasteiger charge is 2.33. The predicted octanol–water partition coefficient (Wildman–Crippen LogP) is 3.26. The molecule has 1 aliphatic rings. The van der Waals surface area contributed by atoms with Crippen LogP contribution in [-0.4, -0.2) is 44.7 Å². The van der Waals surface area contributed by atoms with Gasteiger partial charge in [-0.25, -0.2) is 9.52 Å². The first-order chi connectivity index (χ1) is 13.2. The Morgan fingerprint density at radius 1 is 1.21 bits per heavy atom.